The summed E-state index contributed by atoms with van der Waals surface area (Å²) in [5.41, 5.74) is 0.399. The molecule has 6 nitrogen and oxygen atoms in total. The first-order valence-corrected chi connectivity index (χ1v) is 8.29. The quantitative estimate of drug-likeness (QED) is 0.696. The number of aromatic nitrogens is 3. The normalized spacial score (nSPS) is 14.1. The summed E-state index contributed by atoms with van der Waals surface area (Å²) < 4.78 is 2.69. The van der Waals surface area contributed by atoms with Crippen molar-refractivity contribution in [1.82, 2.24) is 20.1 Å². The van der Waals surface area contributed by atoms with E-state index in [1.54, 1.807) is 37.1 Å². The highest BCUT2D eigenvalue weighted by Crippen LogP contribution is 2.22. The lowest BCUT2D eigenvalue weighted by Crippen LogP contribution is -2.37. The molecule has 0 fully saturated rings. The van der Waals surface area contributed by atoms with Crippen molar-refractivity contribution in [2.24, 2.45) is 7.05 Å². The van der Waals surface area contributed by atoms with Gasteiger partial charge in [-0.2, -0.15) is 5.10 Å². The van der Waals surface area contributed by atoms with E-state index in [0.717, 1.165) is 15.2 Å². The third-order valence-electron chi connectivity index (χ3n) is 3.62. The second kappa shape index (κ2) is 6.54. The number of aliphatic hydroxyl groups is 1. The number of carbonyl (C=O) groups is 1. The smallest absolute Gasteiger partial charge is 0.244 e. The highest BCUT2D eigenvalue weighted by Gasteiger charge is 2.24. The van der Waals surface area contributed by atoms with Gasteiger partial charge in [0.05, 0.1) is 23.0 Å². The van der Waals surface area contributed by atoms with Crippen LogP contribution in [0.2, 0.25) is 0 Å². The molecular formula is C17H18N4O2S. The lowest BCUT2D eigenvalue weighted by molar-refractivity contribution is -0.117. The van der Waals surface area contributed by atoms with Gasteiger partial charge in [-0.1, -0.05) is 12.1 Å². The average Bonchev–Trinajstić information content (AvgIpc) is 3.17. The van der Waals surface area contributed by atoms with Crippen molar-refractivity contribution in [3.63, 3.8) is 0 Å². The van der Waals surface area contributed by atoms with E-state index in [9.17, 15) is 9.90 Å². The van der Waals surface area contributed by atoms with E-state index in [-0.39, 0.29) is 12.5 Å². The van der Waals surface area contributed by atoms with E-state index in [2.05, 4.69) is 15.4 Å². The molecule has 1 atom stereocenters. The maximum atomic E-state index is 12.0. The fourth-order valence-corrected chi connectivity index (χ4v) is 3.10. The predicted molar refractivity (Wildman–Crippen MR) is 94.4 cm³/mol. The molecule has 0 aliphatic rings. The molecule has 124 valence electrons. The van der Waals surface area contributed by atoms with Gasteiger partial charge in [0.1, 0.15) is 10.6 Å². The van der Waals surface area contributed by atoms with Crippen LogP contribution in [0.5, 0.6) is 0 Å². The molecule has 0 saturated carbocycles. The minimum atomic E-state index is -1.17. The van der Waals surface area contributed by atoms with E-state index in [1.165, 1.54) is 17.4 Å². The Morgan fingerprint density at radius 2 is 2.25 bits per heavy atom. The van der Waals surface area contributed by atoms with Crippen LogP contribution in [0.4, 0.5) is 0 Å². The summed E-state index contributed by atoms with van der Waals surface area (Å²) in [6.45, 7) is 1.74. The lowest BCUT2D eigenvalue weighted by Gasteiger charge is -2.21. The molecule has 2 N–H and O–H groups in total. The maximum Gasteiger partial charge on any atom is 0.244 e. The second-order valence-electron chi connectivity index (χ2n) is 5.75. The SMILES string of the molecule is Cn1cc(C(C)(O)CNC(=O)C=Cc2nc3ccccc3s2)cn1. The molecule has 7 heteroatoms. The number of nitrogens with zero attached hydrogens (tertiary/aromatic N) is 3. The zero-order valence-corrected chi connectivity index (χ0v) is 14.2. The Balaban J connectivity index is 1.60. The summed E-state index contributed by atoms with van der Waals surface area (Å²) in [6.07, 6.45) is 6.42. The van der Waals surface area contributed by atoms with Crippen LogP contribution in [0, 0.1) is 0 Å². The third kappa shape index (κ3) is 3.69. The van der Waals surface area contributed by atoms with Gasteiger partial charge in [-0.15, -0.1) is 11.3 Å². The standard InChI is InChI=1S/C17H18N4O2S/c1-17(23,12-9-19-21(2)10-12)11-18-15(22)7-8-16-20-13-5-3-4-6-14(13)24-16/h3-10,23H,11H2,1-2H3,(H,18,22). The Morgan fingerprint density at radius 3 is 2.96 bits per heavy atom. The molecule has 0 aliphatic heterocycles. The van der Waals surface area contributed by atoms with Crippen molar-refractivity contribution in [2.75, 3.05) is 6.54 Å². The number of fused-ring (bicyclic) bond motifs is 1. The highest BCUT2D eigenvalue weighted by atomic mass is 32.1. The molecule has 1 amide bonds. The van der Waals surface area contributed by atoms with E-state index in [0.29, 0.717) is 5.56 Å². The number of hydrogen-bond acceptors (Lipinski definition) is 5. The monoisotopic (exact) mass is 342 g/mol. The largest absolute Gasteiger partial charge is 0.383 e. The van der Waals surface area contributed by atoms with Gasteiger partial charge in [0, 0.05) is 24.9 Å². The summed E-state index contributed by atoms with van der Waals surface area (Å²) in [6, 6.07) is 7.83. The minimum Gasteiger partial charge on any atom is -0.383 e. The molecular weight excluding hydrogens is 324 g/mol. The molecule has 2 aromatic heterocycles. The van der Waals surface area contributed by atoms with Gasteiger partial charge in [-0.3, -0.25) is 9.48 Å². The van der Waals surface area contributed by atoms with E-state index in [4.69, 9.17) is 0 Å². The molecule has 24 heavy (non-hydrogen) atoms. The van der Waals surface area contributed by atoms with Crippen LogP contribution in [-0.2, 0) is 17.4 Å². The lowest BCUT2D eigenvalue weighted by atomic mass is 10.00. The van der Waals surface area contributed by atoms with Crippen LogP contribution >= 0.6 is 11.3 Å². The zero-order valence-electron chi connectivity index (χ0n) is 13.4. The van der Waals surface area contributed by atoms with Gasteiger partial charge in [-0.25, -0.2) is 4.98 Å². The number of para-hydroxylation sites is 1. The van der Waals surface area contributed by atoms with Crippen molar-refractivity contribution in [1.29, 1.82) is 0 Å². The van der Waals surface area contributed by atoms with Crippen molar-refractivity contribution in [3.8, 4) is 0 Å². The molecule has 1 unspecified atom stereocenters. The van der Waals surface area contributed by atoms with Gasteiger partial charge in [-0.05, 0) is 25.1 Å². The highest BCUT2D eigenvalue weighted by molar-refractivity contribution is 7.19. The Hall–Kier alpha value is -2.51. The van der Waals surface area contributed by atoms with Crippen molar-refractivity contribution >= 4 is 33.5 Å². The van der Waals surface area contributed by atoms with Crippen LogP contribution < -0.4 is 5.32 Å². The van der Waals surface area contributed by atoms with Crippen LogP contribution in [0.25, 0.3) is 16.3 Å². The van der Waals surface area contributed by atoms with Crippen molar-refractivity contribution in [3.05, 3.63) is 53.3 Å². The Bertz CT molecular complexity index is 862. The molecule has 0 bridgehead atoms. The van der Waals surface area contributed by atoms with Gasteiger partial charge < -0.3 is 10.4 Å². The fourth-order valence-electron chi connectivity index (χ4n) is 2.23. The van der Waals surface area contributed by atoms with Crippen molar-refractivity contribution < 1.29 is 9.90 Å². The molecule has 3 aromatic rings. The van der Waals surface area contributed by atoms with E-state index < -0.39 is 5.60 Å². The van der Waals surface area contributed by atoms with Gasteiger partial charge in [0.15, 0.2) is 0 Å². The topological polar surface area (TPSA) is 80.0 Å². The second-order valence-corrected chi connectivity index (χ2v) is 6.81. The Morgan fingerprint density at radius 1 is 1.46 bits per heavy atom. The fraction of sp³-hybridized carbons (Fsp3) is 0.235. The number of aryl methyl sites for hydroxylation is 1. The van der Waals surface area contributed by atoms with E-state index >= 15 is 0 Å². The summed E-state index contributed by atoms with van der Waals surface area (Å²) >= 11 is 1.52. The summed E-state index contributed by atoms with van der Waals surface area (Å²) in [5, 5.41) is 17.9. The molecule has 1 aromatic carbocycles. The molecule has 0 saturated heterocycles. The maximum absolute atomic E-state index is 12.0. The van der Waals surface area contributed by atoms with Crippen LogP contribution in [0.1, 0.15) is 17.5 Å². The number of rotatable bonds is 5. The zero-order chi connectivity index (χ0) is 17.2. The summed E-state index contributed by atoms with van der Waals surface area (Å²) in [5.74, 6) is -0.279. The van der Waals surface area contributed by atoms with Crippen molar-refractivity contribution in [2.45, 2.75) is 12.5 Å². The first-order valence-electron chi connectivity index (χ1n) is 7.47. The first kappa shape index (κ1) is 16.4. The van der Waals surface area contributed by atoms with Crippen LogP contribution in [0.3, 0.4) is 0 Å². The van der Waals surface area contributed by atoms with Gasteiger partial charge in [0.2, 0.25) is 5.91 Å². The Kier molecular flexibility index (Phi) is 4.46. The molecule has 2 heterocycles. The number of benzene rings is 1. The summed E-state index contributed by atoms with van der Waals surface area (Å²) in [7, 11) is 1.78. The molecule has 3 rings (SSSR count). The number of hydrogen-bond donors (Lipinski definition) is 2. The summed E-state index contributed by atoms with van der Waals surface area (Å²) in [4.78, 5) is 16.4. The number of thiazole rings is 1. The first-order chi connectivity index (χ1) is 11.4. The minimum absolute atomic E-state index is 0.0989. The van der Waals surface area contributed by atoms with Gasteiger partial charge >= 0.3 is 0 Å². The molecule has 0 radical (unpaired) electrons. The molecule has 0 aliphatic carbocycles. The van der Waals surface area contributed by atoms with E-state index in [1.807, 2.05) is 24.3 Å². The van der Waals surface area contributed by atoms with Crippen LogP contribution in [-0.4, -0.2) is 32.3 Å². The number of nitrogens with one attached hydrogen (secondary N) is 1. The van der Waals surface area contributed by atoms with Gasteiger partial charge in [0.25, 0.3) is 0 Å². The number of carbonyl (C=O) groups excluding carboxylic acids is 1. The molecule has 0 spiro atoms. The Labute approximate surface area is 143 Å². The van der Waals surface area contributed by atoms with Crippen LogP contribution in [0.15, 0.2) is 42.7 Å². The average molecular weight is 342 g/mol. The predicted octanol–water partition coefficient (Wildman–Crippen LogP) is 2.07. The third-order valence-corrected chi connectivity index (χ3v) is 4.62. The number of amides is 1.